The Kier molecular flexibility index (Phi) is 5.21. The number of aromatic nitrogens is 1. The highest BCUT2D eigenvalue weighted by Crippen LogP contribution is 2.22. The predicted molar refractivity (Wildman–Crippen MR) is 68.3 cm³/mol. The summed E-state index contributed by atoms with van der Waals surface area (Å²) in [6.45, 7) is 0.304. The maximum Gasteiger partial charge on any atom is 0.356 e. The van der Waals surface area contributed by atoms with Crippen molar-refractivity contribution in [3.05, 3.63) is 27.9 Å². The molecule has 0 spiro atoms. The van der Waals surface area contributed by atoms with Crippen LogP contribution in [0.4, 0.5) is 16.3 Å². The third-order valence-corrected chi connectivity index (χ3v) is 2.18. The van der Waals surface area contributed by atoms with Crippen molar-refractivity contribution < 1.29 is 19.2 Å². The summed E-state index contributed by atoms with van der Waals surface area (Å²) < 4.78 is 4.48. The molecule has 2 amide bonds. The molecule has 4 N–H and O–H groups in total. The van der Waals surface area contributed by atoms with E-state index in [0.717, 1.165) is 6.07 Å². The first-order chi connectivity index (χ1) is 9.45. The second-order valence-electron chi connectivity index (χ2n) is 3.53. The molecule has 0 aliphatic rings. The van der Waals surface area contributed by atoms with Crippen molar-refractivity contribution >= 4 is 23.5 Å². The number of anilines is 1. The number of methoxy groups -OCH3 is 1. The predicted octanol–water partition coefficient (Wildman–Crippen LogP) is -0.143. The molecule has 0 radical (unpaired) electrons. The lowest BCUT2D eigenvalue weighted by Gasteiger charge is -2.07. The smallest absolute Gasteiger partial charge is 0.356 e. The fraction of sp³-hybridized carbons (Fsp3) is 0.300. The molecule has 0 aliphatic carbocycles. The summed E-state index contributed by atoms with van der Waals surface area (Å²) in [6.07, 6.45) is 0. The van der Waals surface area contributed by atoms with Crippen molar-refractivity contribution in [1.82, 2.24) is 10.3 Å². The molecular weight excluding hydrogens is 270 g/mol. The number of nitrogens with one attached hydrogen (secondary N) is 2. The number of ether oxygens (including phenoxy) is 1. The maximum absolute atomic E-state index is 11.3. The van der Waals surface area contributed by atoms with Gasteiger partial charge in [0.2, 0.25) is 5.82 Å². The lowest BCUT2D eigenvalue weighted by molar-refractivity contribution is -0.384. The first-order valence-electron chi connectivity index (χ1n) is 5.46. The third-order valence-electron chi connectivity index (χ3n) is 2.18. The molecule has 108 valence electrons. The Morgan fingerprint density at radius 3 is 2.70 bits per heavy atom. The van der Waals surface area contributed by atoms with Gasteiger partial charge < -0.3 is 21.1 Å². The zero-order valence-corrected chi connectivity index (χ0v) is 10.6. The van der Waals surface area contributed by atoms with Crippen LogP contribution >= 0.6 is 0 Å². The maximum atomic E-state index is 11.3. The molecule has 10 heteroatoms. The number of nitrogens with zero attached hydrogens (tertiary/aromatic N) is 2. The average Bonchev–Trinajstić information content (AvgIpc) is 2.42. The highest BCUT2D eigenvalue weighted by Gasteiger charge is 2.18. The van der Waals surface area contributed by atoms with Crippen molar-refractivity contribution in [1.29, 1.82) is 0 Å². The fourth-order valence-electron chi connectivity index (χ4n) is 1.31. The van der Waals surface area contributed by atoms with Crippen molar-refractivity contribution in [2.75, 3.05) is 25.5 Å². The average molecular weight is 283 g/mol. The van der Waals surface area contributed by atoms with Crippen molar-refractivity contribution in [3.8, 4) is 0 Å². The highest BCUT2D eigenvalue weighted by molar-refractivity contribution is 5.88. The first-order valence-corrected chi connectivity index (χ1v) is 5.46. The van der Waals surface area contributed by atoms with Gasteiger partial charge in [0, 0.05) is 19.2 Å². The van der Waals surface area contributed by atoms with Crippen molar-refractivity contribution in [3.63, 3.8) is 0 Å². The second-order valence-corrected chi connectivity index (χ2v) is 3.53. The summed E-state index contributed by atoms with van der Waals surface area (Å²) in [5.74, 6) is -0.803. The summed E-state index contributed by atoms with van der Waals surface area (Å²) in [5, 5.41) is 15.8. The Labute approximate surface area is 113 Å². The lowest BCUT2D eigenvalue weighted by atomic mass is 10.3. The monoisotopic (exact) mass is 283 g/mol. The number of esters is 1. The van der Waals surface area contributed by atoms with Gasteiger partial charge in [-0.3, -0.25) is 10.1 Å². The molecule has 0 bridgehead atoms. The zero-order chi connectivity index (χ0) is 15.1. The second kappa shape index (κ2) is 6.87. The van der Waals surface area contributed by atoms with Gasteiger partial charge in [0.1, 0.15) is 0 Å². The topological polar surface area (TPSA) is 149 Å². The van der Waals surface area contributed by atoms with Gasteiger partial charge in [0.25, 0.3) is 0 Å². The number of carbonyl (C=O) groups is 2. The van der Waals surface area contributed by atoms with Gasteiger partial charge in [-0.15, -0.1) is 0 Å². The Balaban J connectivity index is 2.86. The zero-order valence-electron chi connectivity index (χ0n) is 10.6. The van der Waals surface area contributed by atoms with Crippen LogP contribution in [0.2, 0.25) is 0 Å². The number of carbonyl (C=O) groups excluding carboxylic acids is 2. The Bertz CT molecular complexity index is 533. The van der Waals surface area contributed by atoms with Gasteiger partial charge in [0.15, 0.2) is 5.69 Å². The number of rotatable bonds is 6. The molecule has 1 heterocycles. The van der Waals surface area contributed by atoms with E-state index >= 15 is 0 Å². The molecule has 0 aliphatic heterocycles. The number of urea groups is 1. The van der Waals surface area contributed by atoms with E-state index in [0.29, 0.717) is 0 Å². The largest absolute Gasteiger partial charge is 0.464 e. The summed E-state index contributed by atoms with van der Waals surface area (Å²) in [6, 6.07) is 1.62. The molecule has 0 saturated heterocycles. The highest BCUT2D eigenvalue weighted by atomic mass is 16.6. The van der Waals surface area contributed by atoms with Crippen LogP contribution in [-0.4, -0.2) is 42.1 Å². The van der Waals surface area contributed by atoms with Gasteiger partial charge in [-0.05, 0) is 6.07 Å². The summed E-state index contributed by atoms with van der Waals surface area (Å²) in [5.41, 5.74) is 4.51. The molecule has 0 atom stereocenters. The molecule has 10 nitrogen and oxygen atoms in total. The van der Waals surface area contributed by atoms with E-state index in [1.54, 1.807) is 0 Å². The minimum Gasteiger partial charge on any atom is -0.464 e. The van der Waals surface area contributed by atoms with Crippen LogP contribution in [0, 0.1) is 10.1 Å². The SMILES string of the molecule is COC(=O)c1ccc([N+](=O)[O-])c(NCCNC(N)=O)n1. The van der Waals surface area contributed by atoms with Gasteiger partial charge in [-0.2, -0.15) is 0 Å². The molecule has 0 aromatic carbocycles. The van der Waals surface area contributed by atoms with E-state index in [-0.39, 0.29) is 30.3 Å². The summed E-state index contributed by atoms with van der Waals surface area (Å²) in [4.78, 5) is 35.8. The number of nitrogens with two attached hydrogens (primary N) is 1. The molecule has 1 rings (SSSR count). The standard InChI is InChI=1S/C10H13N5O5/c1-20-9(16)6-2-3-7(15(18)19)8(14-6)12-4-5-13-10(11)17/h2-3H,4-5H2,1H3,(H,12,14)(H3,11,13,17). The molecule has 1 aromatic heterocycles. The molecular formula is C10H13N5O5. The van der Waals surface area contributed by atoms with E-state index in [9.17, 15) is 19.7 Å². The fourth-order valence-corrected chi connectivity index (χ4v) is 1.31. The van der Waals surface area contributed by atoms with E-state index in [1.165, 1.54) is 13.2 Å². The summed E-state index contributed by atoms with van der Waals surface area (Å²) in [7, 11) is 1.18. The van der Waals surface area contributed by atoms with Crippen LogP contribution in [0.5, 0.6) is 0 Å². The van der Waals surface area contributed by atoms with Gasteiger partial charge in [-0.1, -0.05) is 0 Å². The van der Waals surface area contributed by atoms with Crippen molar-refractivity contribution in [2.24, 2.45) is 5.73 Å². The molecule has 0 fully saturated rings. The molecule has 20 heavy (non-hydrogen) atoms. The van der Waals surface area contributed by atoms with Crippen LogP contribution < -0.4 is 16.4 Å². The first kappa shape index (κ1) is 15.1. The van der Waals surface area contributed by atoms with Crippen LogP contribution in [-0.2, 0) is 4.74 Å². The number of pyridine rings is 1. The van der Waals surface area contributed by atoms with Crippen LogP contribution in [0.25, 0.3) is 0 Å². The van der Waals surface area contributed by atoms with E-state index in [2.05, 4.69) is 20.4 Å². The van der Waals surface area contributed by atoms with Gasteiger partial charge in [0.05, 0.1) is 12.0 Å². The summed E-state index contributed by atoms with van der Waals surface area (Å²) >= 11 is 0. The van der Waals surface area contributed by atoms with E-state index < -0.39 is 16.9 Å². The quantitative estimate of drug-likeness (QED) is 0.284. The van der Waals surface area contributed by atoms with E-state index in [1.807, 2.05) is 0 Å². The third kappa shape index (κ3) is 4.08. The number of nitro groups is 1. The number of hydrogen-bond donors (Lipinski definition) is 3. The van der Waals surface area contributed by atoms with Gasteiger partial charge in [-0.25, -0.2) is 14.6 Å². The Hall–Kier alpha value is -2.91. The minimum atomic E-state index is -0.711. The Morgan fingerprint density at radius 2 is 2.15 bits per heavy atom. The minimum absolute atomic E-state index is 0.0662. The molecule has 0 saturated carbocycles. The van der Waals surface area contributed by atoms with Gasteiger partial charge >= 0.3 is 17.7 Å². The Morgan fingerprint density at radius 1 is 1.45 bits per heavy atom. The number of primary amides is 1. The number of amides is 2. The number of hydrogen-bond acceptors (Lipinski definition) is 7. The van der Waals surface area contributed by atoms with Crippen molar-refractivity contribution in [2.45, 2.75) is 0 Å². The normalized spacial score (nSPS) is 9.65. The van der Waals surface area contributed by atoms with Crippen LogP contribution in [0.1, 0.15) is 10.5 Å². The van der Waals surface area contributed by atoms with Crippen LogP contribution in [0.15, 0.2) is 12.1 Å². The van der Waals surface area contributed by atoms with E-state index in [4.69, 9.17) is 5.73 Å². The van der Waals surface area contributed by atoms with Crippen LogP contribution in [0.3, 0.4) is 0 Å². The lowest BCUT2D eigenvalue weighted by Crippen LogP contribution is -2.33. The molecule has 0 unspecified atom stereocenters. The molecule has 1 aromatic rings.